The van der Waals surface area contributed by atoms with E-state index in [2.05, 4.69) is 11.6 Å². The van der Waals surface area contributed by atoms with E-state index in [-0.39, 0.29) is 0 Å². The van der Waals surface area contributed by atoms with Gasteiger partial charge in [-0.15, -0.1) is 0 Å². The maximum Gasteiger partial charge on any atom is 0.0273 e. The Labute approximate surface area is 78.1 Å². The van der Waals surface area contributed by atoms with Crippen molar-refractivity contribution in [2.24, 2.45) is 5.73 Å². The number of rotatable bonds is 3. The molecule has 0 aliphatic heterocycles. The lowest BCUT2D eigenvalue weighted by atomic mass is 10.1. The number of nitrogens with two attached hydrogens (primary N) is 1. The molecule has 1 aromatic heterocycles. The molecule has 2 heteroatoms. The highest BCUT2D eigenvalue weighted by Gasteiger charge is 1.93. The van der Waals surface area contributed by atoms with E-state index in [0.29, 0.717) is 0 Å². The van der Waals surface area contributed by atoms with Gasteiger partial charge < -0.3 is 5.73 Å². The van der Waals surface area contributed by atoms with Crippen LogP contribution in [0.15, 0.2) is 55.5 Å². The molecule has 66 valence electrons. The van der Waals surface area contributed by atoms with Crippen LogP contribution in [0.3, 0.4) is 0 Å². The van der Waals surface area contributed by atoms with Gasteiger partial charge in [0.05, 0.1) is 0 Å². The van der Waals surface area contributed by atoms with Gasteiger partial charge in [0, 0.05) is 12.4 Å². The molecular formula is C11H12N2. The van der Waals surface area contributed by atoms with Crippen LogP contribution >= 0.6 is 0 Å². The number of hydrogen-bond acceptors (Lipinski definition) is 2. The van der Waals surface area contributed by atoms with Crippen LogP contribution in [0.25, 0.3) is 5.57 Å². The van der Waals surface area contributed by atoms with Crippen molar-refractivity contribution >= 4 is 5.57 Å². The summed E-state index contributed by atoms with van der Waals surface area (Å²) < 4.78 is 0. The van der Waals surface area contributed by atoms with Gasteiger partial charge in [0.25, 0.3) is 0 Å². The molecule has 1 heterocycles. The first-order valence-corrected chi connectivity index (χ1v) is 4.00. The second-order valence-electron chi connectivity index (χ2n) is 2.45. The summed E-state index contributed by atoms with van der Waals surface area (Å²) >= 11 is 0. The Morgan fingerprint density at radius 2 is 2.08 bits per heavy atom. The summed E-state index contributed by atoms with van der Waals surface area (Å²) in [4.78, 5) is 3.94. The van der Waals surface area contributed by atoms with Crippen LogP contribution in [-0.2, 0) is 0 Å². The molecule has 2 N–H and O–H groups in total. The molecule has 0 unspecified atom stereocenters. The largest absolute Gasteiger partial charge is 0.405 e. The van der Waals surface area contributed by atoms with Crippen molar-refractivity contribution in [1.82, 2.24) is 4.98 Å². The van der Waals surface area contributed by atoms with Gasteiger partial charge in [-0.05, 0) is 35.5 Å². The molecule has 1 aromatic rings. The Kier molecular flexibility index (Phi) is 3.51. The minimum Gasteiger partial charge on any atom is -0.405 e. The Bertz CT molecular complexity index is 323. The van der Waals surface area contributed by atoms with Crippen LogP contribution < -0.4 is 5.73 Å². The predicted octanol–water partition coefficient (Wildman–Crippen LogP) is 2.12. The van der Waals surface area contributed by atoms with Crippen molar-refractivity contribution in [2.45, 2.75) is 0 Å². The molecule has 2 nitrogen and oxygen atoms in total. The lowest BCUT2D eigenvalue weighted by molar-refractivity contribution is 1.32. The zero-order valence-electron chi connectivity index (χ0n) is 7.35. The highest BCUT2D eigenvalue weighted by molar-refractivity contribution is 5.74. The Morgan fingerprint density at radius 1 is 1.38 bits per heavy atom. The summed E-state index contributed by atoms with van der Waals surface area (Å²) in [5.41, 5.74) is 7.43. The number of hydrogen-bond donors (Lipinski definition) is 1. The maximum absolute atomic E-state index is 5.33. The molecule has 0 radical (unpaired) electrons. The van der Waals surface area contributed by atoms with Gasteiger partial charge in [-0.25, -0.2) is 0 Å². The molecule has 0 saturated heterocycles. The van der Waals surface area contributed by atoms with E-state index in [9.17, 15) is 0 Å². The van der Waals surface area contributed by atoms with E-state index in [4.69, 9.17) is 5.73 Å². The molecule has 1 rings (SSSR count). The minimum absolute atomic E-state index is 1.03. The van der Waals surface area contributed by atoms with Crippen molar-refractivity contribution in [3.05, 3.63) is 61.1 Å². The normalized spacial score (nSPS) is 11.8. The maximum atomic E-state index is 5.33. The first-order chi connectivity index (χ1) is 6.38. The van der Waals surface area contributed by atoms with E-state index in [0.717, 1.165) is 11.1 Å². The third kappa shape index (κ3) is 2.60. The predicted molar refractivity (Wildman–Crippen MR) is 55.7 cm³/mol. The van der Waals surface area contributed by atoms with Crippen LogP contribution in [0, 0.1) is 0 Å². The molecule has 0 aliphatic carbocycles. The average Bonchev–Trinajstić information content (AvgIpc) is 2.19. The fourth-order valence-electron chi connectivity index (χ4n) is 1.02. The summed E-state index contributed by atoms with van der Waals surface area (Å²) in [6.45, 7) is 3.64. The van der Waals surface area contributed by atoms with E-state index in [1.54, 1.807) is 18.5 Å². The summed E-state index contributed by atoms with van der Waals surface area (Å²) in [5.74, 6) is 0. The average molecular weight is 172 g/mol. The van der Waals surface area contributed by atoms with Crippen molar-refractivity contribution in [3.63, 3.8) is 0 Å². The lowest BCUT2D eigenvalue weighted by Crippen LogP contribution is -1.83. The molecule has 13 heavy (non-hydrogen) atoms. The van der Waals surface area contributed by atoms with Crippen LogP contribution in [0.5, 0.6) is 0 Å². The number of aromatic nitrogens is 1. The zero-order valence-corrected chi connectivity index (χ0v) is 7.35. The molecule has 0 atom stereocenters. The summed E-state index contributed by atoms with van der Waals surface area (Å²) in [6.07, 6.45) is 10.5. The van der Waals surface area contributed by atoms with Gasteiger partial charge in [-0.1, -0.05) is 18.7 Å². The van der Waals surface area contributed by atoms with Gasteiger partial charge in [-0.3, -0.25) is 4.98 Å². The molecule has 0 aromatic carbocycles. The zero-order chi connectivity index (χ0) is 9.52. The van der Waals surface area contributed by atoms with Gasteiger partial charge in [0.2, 0.25) is 0 Å². The number of pyridine rings is 1. The first-order valence-electron chi connectivity index (χ1n) is 4.00. The molecule has 0 aliphatic rings. The standard InChI is InChI=1S/C11H12N2/c1-2-3-10(4-7-12)11-5-8-13-9-6-11/h2-9H,1,12H2/b7-4-,10-3+. The SMILES string of the molecule is C=C/C=C(\C=C/N)c1ccncc1. The highest BCUT2D eigenvalue weighted by atomic mass is 14.6. The van der Waals surface area contributed by atoms with E-state index in [1.807, 2.05) is 24.3 Å². The van der Waals surface area contributed by atoms with Crippen LogP contribution in [-0.4, -0.2) is 4.98 Å². The van der Waals surface area contributed by atoms with Crippen LogP contribution in [0.2, 0.25) is 0 Å². The Balaban J connectivity index is 3.03. The van der Waals surface area contributed by atoms with Crippen molar-refractivity contribution in [2.75, 3.05) is 0 Å². The van der Waals surface area contributed by atoms with Gasteiger partial charge in [0.15, 0.2) is 0 Å². The summed E-state index contributed by atoms with van der Waals surface area (Å²) in [7, 11) is 0. The minimum atomic E-state index is 1.03. The highest BCUT2D eigenvalue weighted by Crippen LogP contribution is 2.13. The molecular weight excluding hydrogens is 160 g/mol. The Morgan fingerprint density at radius 3 is 2.62 bits per heavy atom. The summed E-state index contributed by atoms with van der Waals surface area (Å²) in [5, 5.41) is 0. The number of nitrogens with zero attached hydrogens (tertiary/aromatic N) is 1. The third-order valence-corrected chi connectivity index (χ3v) is 1.59. The number of allylic oxidation sites excluding steroid dienone is 4. The second kappa shape index (κ2) is 4.93. The fraction of sp³-hybridized carbons (Fsp3) is 0. The van der Waals surface area contributed by atoms with E-state index in [1.165, 1.54) is 6.20 Å². The first kappa shape index (κ1) is 9.26. The molecule has 0 spiro atoms. The third-order valence-electron chi connectivity index (χ3n) is 1.59. The lowest BCUT2D eigenvalue weighted by Gasteiger charge is -1.99. The van der Waals surface area contributed by atoms with Crippen molar-refractivity contribution in [1.29, 1.82) is 0 Å². The van der Waals surface area contributed by atoms with E-state index < -0.39 is 0 Å². The molecule has 0 amide bonds. The molecule has 0 saturated carbocycles. The van der Waals surface area contributed by atoms with Crippen LogP contribution in [0.4, 0.5) is 0 Å². The molecule has 0 bridgehead atoms. The second-order valence-corrected chi connectivity index (χ2v) is 2.45. The van der Waals surface area contributed by atoms with Gasteiger partial charge in [0.1, 0.15) is 0 Å². The summed E-state index contributed by atoms with van der Waals surface area (Å²) in [6, 6.07) is 3.85. The van der Waals surface area contributed by atoms with E-state index >= 15 is 0 Å². The monoisotopic (exact) mass is 172 g/mol. The topological polar surface area (TPSA) is 38.9 Å². The van der Waals surface area contributed by atoms with Gasteiger partial charge in [-0.2, -0.15) is 0 Å². The van der Waals surface area contributed by atoms with Crippen molar-refractivity contribution < 1.29 is 0 Å². The molecule has 0 fully saturated rings. The fourth-order valence-corrected chi connectivity index (χ4v) is 1.02. The van der Waals surface area contributed by atoms with Crippen LogP contribution in [0.1, 0.15) is 5.56 Å². The quantitative estimate of drug-likeness (QED) is 0.709. The van der Waals surface area contributed by atoms with Crippen molar-refractivity contribution in [3.8, 4) is 0 Å². The Hall–Kier alpha value is -1.83. The smallest absolute Gasteiger partial charge is 0.0273 e. The van der Waals surface area contributed by atoms with Gasteiger partial charge >= 0.3 is 0 Å².